The molecule has 1 aromatic rings. The van der Waals surface area contributed by atoms with Gasteiger partial charge in [-0.2, -0.15) is 4.31 Å². The van der Waals surface area contributed by atoms with E-state index in [1.165, 1.54) is 13.1 Å². The lowest BCUT2D eigenvalue weighted by atomic mass is 10.1. The van der Waals surface area contributed by atoms with E-state index in [-0.39, 0.29) is 11.3 Å². The van der Waals surface area contributed by atoms with Gasteiger partial charge in [0.05, 0.1) is 4.90 Å². The first-order chi connectivity index (χ1) is 8.71. The molecule has 5 nitrogen and oxygen atoms in total. The highest BCUT2D eigenvalue weighted by atomic mass is 32.2. The zero-order chi connectivity index (χ0) is 14.8. The SMILES string of the molecule is CCC(C(=O)O)N(C)S(=O)(=O)c1ccc(C)c(C)c1. The fraction of sp³-hybridized carbons (Fsp3) is 0.462. The summed E-state index contributed by atoms with van der Waals surface area (Å²) in [6, 6.07) is 3.74. The maximum Gasteiger partial charge on any atom is 0.321 e. The van der Waals surface area contributed by atoms with Gasteiger partial charge in [-0.15, -0.1) is 0 Å². The van der Waals surface area contributed by atoms with Crippen molar-refractivity contribution in [2.24, 2.45) is 0 Å². The molecule has 0 heterocycles. The van der Waals surface area contributed by atoms with Gasteiger partial charge in [-0.1, -0.05) is 13.0 Å². The molecule has 0 radical (unpaired) electrons. The lowest BCUT2D eigenvalue weighted by molar-refractivity contribution is -0.141. The topological polar surface area (TPSA) is 74.7 Å². The van der Waals surface area contributed by atoms with Crippen LogP contribution in [-0.2, 0) is 14.8 Å². The van der Waals surface area contributed by atoms with Crippen molar-refractivity contribution >= 4 is 16.0 Å². The standard InChI is InChI=1S/C13H19NO4S/c1-5-12(13(15)16)14(4)19(17,18)11-7-6-9(2)10(3)8-11/h6-8,12H,5H2,1-4H3,(H,15,16). The summed E-state index contributed by atoms with van der Waals surface area (Å²) >= 11 is 0. The third-order valence-corrected chi connectivity index (χ3v) is 5.13. The Morgan fingerprint density at radius 1 is 1.32 bits per heavy atom. The summed E-state index contributed by atoms with van der Waals surface area (Å²) in [5, 5.41) is 9.05. The molecule has 0 saturated carbocycles. The molecule has 0 aliphatic heterocycles. The van der Waals surface area contributed by atoms with E-state index in [9.17, 15) is 13.2 Å². The maximum atomic E-state index is 12.4. The number of carbonyl (C=O) groups is 1. The van der Waals surface area contributed by atoms with Crippen LogP contribution in [-0.4, -0.2) is 36.9 Å². The lowest BCUT2D eigenvalue weighted by Gasteiger charge is -2.23. The van der Waals surface area contributed by atoms with Crippen LogP contribution in [0.25, 0.3) is 0 Å². The number of carboxylic acids is 1. The average molecular weight is 285 g/mol. The van der Waals surface area contributed by atoms with Gasteiger partial charge in [0.15, 0.2) is 0 Å². The predicted molar refractivity (Wildman–Crippen MR) is 72.6 cm³/mol. The Labute approximate surface area is 113 Å². The molecule has 0 fully saturated rings. The van der Waals surface area contributed by atoms with Crippen LogP contribution in [0.5, 0.6) is 0 Å². The Morgan fingerprint density at radius 2 is 1.89 bits per heavy atom. The van der Waals surface area contributed by atoms with Gasteiger partial charge in [0, 0.05) is 7.05 Å². The van der Waals surface area contributed by atoms with Crippen molar-refractivity contribution in [2.75, 3.05) is 7.05 Å². The van der Waals surface area contributed by atoms with Gasteiger partial charge in [0.2, 0.25) is 10.0 Å². The third kappa shape index (κ3) is 3.13. The summed E-state index contributed by atoms with van der Waals surface area (Å²) in [6.45, 7) is 5.36. The minimum atomic E-state index is -3.78. The smallest absolute Gasteiger partial charge is 0.321 e. The van der Waals surface area contributed by atoms with E-state index >= 15 is 0 Å². The third-order valence-electron chi connectivity index (χ3n) is 3.27. The van der Waals surface area contributed by atoms with Gasteiger partial charge in [0.25, 0.3) is 0 Å². The van der Waals surface area contributed by atoms with Crippen LogP contribution >= 0.6 is 0 Å². The quantitative estimate of drug-likeness (QED) is 0.895. The van der Waals surface area contributed by atoms with Crippen LogP contribution in [0.4, 0.5) is 0 Å². The van der Waals surface area contributed by atoms with Gasteiger partial charge >= 0.3 is 5.97 Å². The first kappa shape index (κ1) is 15.7. The Balaban J connectivity index is 3.23. The summed E-state index contributed by atoms with van der Waals surface area (Å²) in [6.07, 6.45) is 0.218. The number of nitrogens with zero attached hydrogens (tertiary/aromatic N) is 1. The van der Waals surface area contributed by atoms with E-state index in [1.807, 2.05) is 13.8 Å². The molecule has 0 saturated heterocycles. The molecule has 0 aromatic heterocycles. The molecule has 0 spiro atoms. The molecule has 106 valence electrons. The van der Waals surface area contributed by atoms with Crippen LogP contribution in [0, 0.1) is 13.8 Å². The van der Waals surface area contributed by atoms with E-state index in [0.717, 1.165) is 15.4 Å². The number of aliphatic carboxylic acids is 1. The molecule has 0 amide bonds. The second-order valence-electron chi connectivity index (χ2n) is 4.53. The van der Waals surface area contributed by atoms with Crippen LogP contribution in [0.15, 0.2) is 23.1 Å². The Morgan fingerprint density at radius 3 is 2.32 bits per heavy atom. The first-order valence-corrected chi connectivity index (χ1v) is 7.44. The molecule has 6 heteroatoms. The van der Waals surface area contributed by atoms with Gasteiger partial charge in [-0.3, -0.25) is 4.79 Å². The number of aryl methyl sites for hydroxylation is 2. The fourth-order valence-corrected chi connectivity index (χ4v) is 3.27. The highest BCUT2D eigenvalue weighted by molar-refractivity contribution is 7.89. The Bertz CT molecular complexity index is 580. The van der Waals surface area contributed by atoms with Crippen molar-refractivity contribution in [3.8, 4) is 0 Å². The van der Waals surface area contributed by atoms with Crippen molar-refractivity contribution in [3.63, 3.8) is 0 Å². The van der Waals surface area contributed by atoms with Crippen LogP contribution in [0.1, 0.15) is 24.5 Å². The summed E-state index contributed by atoms with van der Waals surface area (Å²) in [7, 11) is -2.48. The van der Waals surface area contributed by atoms with E-state index in [2.05, 4.69) is 0 Å². The normalized spacial score (nSPS) is 13.5. The predicted octanol–water partition coefficient (Wildman–Crippen LogP) is 1.79. The largest absolute Gasteiger partial charge is 0.480 e. The van der Waals surface area contributed by atoms with E-state index in [1.54, 1.807) is 19.1 Å². The molecular formula is C13H19NO4S. The molecule has 1 N–H and O–H groups in total. The number of carboxylic acid groups (broad SMARTS) is 1. The van der Waals surface area contributed by atoms with Crippen LogP contribution in [0.2, 0.25) is 0 Å². The van der Waals surface area contributed by atoms with E-state index in [0.29, 0.717) is 0 Å². The number of sulfonamides is 1. The second kappa shape index (κ2) is 5.71. The number of hydrogen-bond donors (Lipinski definition) is 1. The molecule has 1 rings (SSSR count). The zero-order valence-electron chi connectivity index (χ0n) is 11.5. The lowest BCUT2D eigenvalue weighted by Crippen LogP contribution is -2.41. The Hall–Kier alpha value is -1.40. The molecule has 0 aliphatic rings. The number of likely N-dealkylation sites (N-methyl/N-ethyl adjacent to an activating group) is 1. The summed E-state index contributed by atoms with van der Waals surface area (Å²) in [5.41, 5.74) is 1.85. The van der Waals surface area contributed by atoms with Crippen LogP contribution in [0.3, 0.4) is 0 Å². The summed E-state index contributed by atoms with van der Waals surface area (Å²) in [4.78, 5) is 11.2. The molecular weight excluding hydrogens is 266 g/mol. The summed E-state index contributed by atoms with van der Waals surface area (Å²) in [5.74, 6) is -1.14. The zero-order valence-corrected chi connectivity index (χ0v) is 12.4. The van der Waals surface area contributed by atoms with Gasteiger partial charge in [-0.05, 0) is 43.5 Å². The van der Waals surface area contributed by atoms with Crippen molar-refractivity contribution in [2.45, 2.75) is 38.1 Å². The Kier molecular flexibility index (Phi) is 4.70. The van der Waals surface area contributed by atoms with Crippen molar-refractivity contribution < 1.29 is 18.3 Å². The number of rotatable bonds is 5. The van der Waals surface area contributed by atoms with Crippen molar-refractivity contribution in [3.05, 3.63) is 29.3 Å². The molecule has 0 aliphatic carbocycles. The summed E-state index contributed by atoms with van der Waals surface area (Å²) < 4.78 is 25.6. The average Bonchev–Trinajstić information content (AvgIpc) is 2.32. The van der Waals surface area contributed by atoms with Gasteiger partial charge in [0.1, 0.15) is 6.04 Å². The van der Waals surface area contributed by atoms with E-state index in [4.69, 9.17) is 5.11 Å². The highest BCUT2D eigenvalue weighted by Gasteiger charge is 2.31. The molecule has 1 unspecified atom stereocenters. The fourth-order valence-electron chi connectivity index (χ4n) is 1.80. The minimum absolute atomic E-state index is 0.123. The van der Waals surface area contributed by atoms with Crippen molar-refractivity contribution in [1.82, 2.24) is 4.31 Å². The minimum Gasteiger partial charge on any atom is -0.480 e. The molecule has 1 atom stereocenters. The molecule has 19 heavy (non-hydrogen) atoms. The second-order valence-corrected chi connectivity index (χ2v) is 6.53. The first-order valence-electron chi connectivity index (χ1n) is 6.00. The van der Waals surface area contributed by atoms with Gasteiger partial charge < -0.3 is 5.11 Å². The van der Waals surface area contributed by atoms with E-state index < -0.39 is 22.0 Å². The highest BCUT2D eigenvalue weighted by Crippen LogP contribution is 2.20. The number of hydrogen-bond acceptors (Lipinski definition) is 3. The molecule has 1 aromatic carbocycles. The molecule has 0 bridgehead atoms. The van der Waals surface area contributed by atoms with Gasteiger partial charge in [-0.25, -0.2) is 8.42 Å². The van der Waals surface area contributed by atoms with Crippen molar-refractivity contribution in [1.29, 1.82) is 0 Å². The monoisotopic (exact) mass is 285 g/mol. The number of benzene rings is 1. The maximum absolute atomic E-state index is 12.4. The van der Waals surface area contributed by atoms with Crippen LogP contribution < -0.4 is 0 Å².